The van der Waals surface area contributed by atoms with Crippen LogP contribution in [0, 0.1) is 10.1 Å². The lowest BCUT2D eigenvalue weighted by atomic mass is 10.2. The molecule has 1 aromatic carbocycles. The molecular weight excluding hydrogens is 268 g/mol. The SMILES string of the molecule is C[C@@H](NCc1ccc([N+](=O)[O-])cc1Cl)c1ccco1. The molecule has 0 bridgehead atoms. The Labute approximate surface area is 115 Å². The van der Waals surface area contributed by atoms with Crippen molar-refractivity contribution in [1.29, 1.82) is 0 Å². The number of hydrogen-bond donors (Lipinski definition) is 1. The van der Waals surface area contributed by atoms with E-state index in [1.807, 2.05) is 19.1 Å². The van der Waals surface area contributed by atoms with E-state index in [0.29, 0.717) is 11.6 Å². The molecule has 0 amide bonds. The van der Waals surface area contributed by atoms with Gasteiger partial charge in [0.15, 0.2) is 0 Å². The van der Waals surface area contributed by atoms with Crippen LogP contribution in [0.1, 0.15) is 24.3 Å². The molecule has 0 unspecified atom stereocenters. The lowest BCUT2D eigenvalue weighted by molar-refractivity contribution is -0.384. The number of benzene rings is 1. The van der Waals surface area contributed by atoms with Crippen molar-refractivity contribution in [2.75, 3.05) is 0 Å². The topological polar surface area (TPSA) is 68.3 Å². The fraction of sp³-hybridized carbons (Fsp3) is 0.231. The predicted octanol–water partition coefficient (Wildman–Crippen LogP) is 3.69. The molecule has 100 valence electrons. The van der Waals surface area contributed by atoms with Crippen LogP contribution < -0.4 is 5.32 Å². The Hall–Kier alpha value is -1.85. The van der Waals surface area contributed by atoms with Crippen LogP contribution >= 0.6 is 11.6 Å². The van der Waals surface area contributed by atoms with Crippen molar-refractivity contribution in [3.05, 3.63) is 63.1 Å². The first-order valence-electron chi connectivity index (χ1n) is 5.77. The van der Waals surface area contributed by atoms with Crippen molar-refractivity contribution in [2.45, 2.75) is 19.5 Å². The molecule has 0 saturated heterocycles. The lowest BCUT2D eigenvalue weighted by Gasteiger charge is -2.12. The molecule has 0 aliphatic carbocycles. The highest BCUT2D eigenvalue weighted by Gasteiger charge is 2.11. The first kappa shape index (κ1) is 13.6. The van der Waals surface area contributed by atoms with Crippen molar-refractivity contribution in [2.24, 2.45) is 0 Å². The summed E-state index contributed by atoms with van der Waals surface area (Å²) in [5.74, 6) is 0.832. The highest BCUT2D eigenvalue weighted by Crippen LogP contribution is 2.23. The molecule has 0 spiro atoms. The van der Waals surface area contributed by atoms with Gasteiger partial charge in [0.05, 0.1) is 22.3 Å². The number of non-ortho nitro benzene ring substituents is 1. The van der Waals surface area contributed by atoms with Gasteiger partial charge in [0, 0.05) is 18.7 Å². The van der Waals surface area contributed by atoms with Crippen molar-refractivity contribution < 1.29 is 9.34 Å². The predicted molar refractivity (Wildman–Crippen MR) is 72.1 cm³/mol. The smallest absolute Gasteiger partial charge is 0.270 e. The number of rotatable bonds is 5. The maximum absolute atomic E-state index is 10.6. The molecule has 0 aliphatic rings. The summed E-state index contributed by atoms with van der Waals surface area (Å²) in [5, 5.41) is 14.2. The Morgan fingerprint density at radius 2 is 2.26 bits per heavy atom. The van der Waals surface area contributed by atoms with Gasteiger partial charge in [-0.2, -0.15) is 0 Å². The molecule has 0 saturated carbocycles. The third-order valence-electron chi connectivity index (χ3n) is 2.82. The first-order valence-corrected chi connectivity index (χ1v) is 6.15. The maximum atomic E-state index is 10.6. The lowest BCUT2D eigenvalue weighted by Crippen LogP contribution is -2.17. The molecule has 0 radical (unpaired) electrons. The molecule has 2 rings (SSSR count). The molecule has 1 aromatic heterocycles. The molecule has 0 fully saturated rings. The Balaban J connectivity index is 2.02. The van der Waals surface area contributed by atoms with Crippen LogP contribution in [-0.4, -0.2) is 4.92 Å². The highest BCUT2D eigenvalue weighted by molar-refractivity contribution is 6.31. The normalized spacial score (nSPS) is 12.3. The average molecular weight is 281 g/mol. The van der Waals surface area contributed by atoms with E-state index in [1.165, 1.54) is 12.1 Å². The van der Waals surface area contributed by atoms with Gasteiger partial charge in [-0.1, -0.05) is 11.6 Å². The molecule has 1 N–H and O–H groups in total. The molecule has 1 atom stereocenters. The summed E-state index contributed by atoms with van der Waals surface area (Å²) in [6.45, 7) is 2.48. The number of hydrogen-bond acceptors (Lipinski definition) is 4. The number of nitrogens with zero attached hydrogens (tertiary/aromatic N) is 1. The van der Waals surface area contributed by atoms with Crippen molar-refractivity contribution >= 4 is 17.3 Å². The van der Waals surface area contributed by atoms with Gasteiger partial charge in [-0.05, 0) is 30.7 Å². The fourth-order valence-electron chi connectivity index (χ4n) is 1.69. The van der Waals surface area contributed by atoms with E-state index < -0.39 is 4.92 Å². The average Bonchev–Trinajstić information content (AvgIpc) is 2.90. The van der Waals surface area contributed by atoms with Gasteiger partial charge in [0.1, 0.15) is 5.76 Å². The van der Waals surface area contributed by atoms with Crippen molar-refractivity contribution in [1.82, 2.24) is 5.32 Å². The van der Waals surface area contributed by atoms with E-state index >= 15 is 0 Å². The van der Waals surface area contributed by atoms with Crippen LogP contribution in [-0.2, 0) is 6.54 Å². The molecule has 19 heavy (non-hydrogen) atoms. The number of furan rings is 1. The van der Waals surface area contributed by atoms with Gasteiger partial charge >= 0.3 is 0 Å². The Kier molecular flexibility index (Phi) is 4.19. The minimum Gasteiger partial charge on any atom is -0.468 e. The summed E-state index contributed by atoms with van der Waals surface area (Å²) in [6, 6.07) is 8.21. The molecule has 5 nitrogen and oxygen atoms in total. The summed E-state index contributed by atoms with van der Waals surface area (Å²) in [5.41, 5.74) is 0.804. The number of nitro groups is 1. The number of nitrogens with one attached hydrogen (secondary N) is 1. The molecule has 1 heterocycles. The molecule has 0 aliphatic heterocycles. The van der Waals surface area contributed by atoms with E-state index in [0.717, 1.165) is 11.3 Å². The van der Waals surface area contributed by atoms with Gasteiger partial charge in [0.25, 0.3) is 5.69 Å². The monoisotopic (exact) mass is 280 g/mol. The van der Waals surface area contributed by atoms with Gasteiger partial charge in [-0.3, -0.25) is 10.1 Å². The minimum atomic E-state index is -0.464. The zero-order valence-corrected chi connectivity index (χ0v) is 11.1. The molecule has 6 heteroatoms. The summed E-state index contributed by atoms with van der Waals surface area (Å²) >= 11 is 6.01. The summed E-state index contributed by atoms with van der Waals surface area (Å²) in [6.07, 6.45) is 1.62. The van der Waals surface area contributed by atoms with Gasteiger partial charge in [0.2, 0.25) is 0 Å². The van der Waals surface area contributed by atoms with Crippen LogP contribution in [0.15, 0.2) is 41.0 Å². The Morgan fingerprint density at radius 3 is 2.84 bits per heavy atom. The van der Waals surface area contributed by atoms with Crippen LogP contribution in [0.25, 0.3) is 0 Å². The van der Waals surface area contributed by atoms with E-state index in [2.05, 4.69) is 5.32 Å². The standard InChI is InChI=1S/C13H13ClN2O3/c1-9(13-3-2-6-19-13)15-8-10-4-5-11(16(17)18)7-12(10)14/h2-7,9,15H,8H2,1H3/t9-/m1/s1. The van der Waals surface area contributed by atoms with Crippen molar-refractivity contribution in [3.8, 4) is 0 Å². The summed E-state index contributed by atoms with van der Waals surface area (Å²) in [4.78, 5) is 10.1. The zero-order chi connectivity index (χ0) is 13.8. The molecular formula is C13H13ClN2O3. The quantitative estimate of drug-likeness (QED) is 0.670. The zero-order valence-electron chi connectivity index (χ0n) is 10.3. The second-order valence-electron chi connectivity index (χ2n) is 4.15. The third-order valence-corrected chi connectivity index (χ3v) is 3.17. The largest absolute Gasteiger partial charge is 0.468 e. The van der Waals surface area contributed by atoms with E-state index in [9.17, 15) is 10.1 Å². The number of nitro benzene ring substituents is 1. The molecule has 2 aromatic rings. The summed E-state index contributed by atoms with van der Waals surface area (Å²) in [7, 11) is 0. The van der Waals surface area contributed by atoms with Gasteiger partial charge in [-0.25, -0.2) is 0 Å². The second kappa shape index (κ2) is 5.86. The summed E-state index contributed by atoms with van der Waals surface area (Å²) < 4.78 is 5.28. The van der Waals surface area contributed by atoms with Crippen molar-refractivity contribution in [3.63, 3.8) is 0 Å². The third kappa shape index (κ3) is 3.33. The van der Waals surface area contributed by atoms with Crippen LogP contribution in [0.5, 0.6) is 0 Å². The number of halogens is 1. The van der Waals surface area contributed by atoms with Gasteiger partial charge in [-0.15, -0.1) is 0 Å². The van der Waals surface area contributed by atoms with Crippen LogP contribution in [0.3, 0.4) is 0 Å². The Bertz CT molecular complexity index is 569. The first-order chi connectivity index (χ1) is 9.08. The fourth-order valence-corrected chi connectivity index (χ4v) is 1.94. The van der Waals surface area contributed by atoms with Crippen LogP contribution in [0.4, 0.5) is 5.69 Å². The Morgan fingerprint density at radius 1 is 1.47 bits per heavy atom. The van der Waals surface area contributed by atoms with E-state index in [-0.39, 0.29) is 11.7 Å². The second-order valence-corrected chi connectivity index (χ2v) is 4.56. The van der Waals surface area contributed by atoms with Gasteiger partial charge < -0.3 is 9.73 Å². The minimum absolute atomic E-state index is 0.00664. The van der Waals surface area contributed by atoms with E-state index in [4.69, 9.17) is 16.0 Å². The highest BCUT2D eigenvalue weighted by atomic mass is 35.5. The van der Waals surface area contributed by atoms with E-state index in [1.54, 1.807) is 12.3 Å². The van der Waals surface area contributed by atoms with Crippen LogP contribution in [0.2, 0.25) is 5.02 Å². The maximum Gasteiger partial charge on any atom is 0.270 e.